The van der Waals surface area contributed by atoms with Crippen molar-refractivity contribution >= 4 is 44.8 Å². The Morgan fingerprint density at radius 3 is 2.33 bits per heavy atom. The molecule has 0 aliphatic heterocycles. The van der Waals surface area contributed by atoms with Crippen LogP contribution < -0.4 is 10.0 Å². The number of rotatable bonds is 7. The summed E-state index contributed by atoms with van der Waals surface area (Å²) in [5.74, 6) is -2.27. The van der Waals surface area contributed by atoms with Gasteiger partial charge in [-0.05, 0) is 48.4 Å². The van der Waals surface area contributed by atoms with Crippen LogP contribution in [0.25, 0.3) is 11.3 Å². The topological polar surface area (TPSA) is 88.2 Å². The largest absolute Gasteiger partial charge is 0.433 e. The summed E-state index contributed by atoms with van der Waals surface area (Å²) in [5.41, 5.74) is -0.621. The molecule has 1 atom stereocenters. The monoisotopic (exact) mass is 563 g/mol. The van der Waals surface area contributed by atoms with Crippen LogP contribution in [0.1, 0.15) is 29.7 Å². The number of amides is 1. The molecule has 1 unspecified atom stereocenters. The van der Waals surface area contributed by atoms with Gasteiger partial charge in [0.25, 0.3) is 0 Å². The first-order chi connectivity index (χ1) is 16.7. The minimum Gasteiger partial charge on any atom is -0.351 e. The fourth-order valence-electron chi connectivity index (χ4n) is 3.25. The summed E-state index contributed by atoms with van der Waals surface area (Å²) in [6.07, 6.45) is -3.82. The lowest BCUT2D eigenvalue weighted by molar-refractivity contribution is -0.141. The third-order valence-electron chi connectivity index (χ3n) is 5.10. The van der Waals surface area contributed by atoms with Gasteiger partial charge in [-0.2, -0.15) is 13.2 Å². The Morgan fingerprint density at radius 2 is 1.75 bits per heavy atom. The van der Waals surface area contributed by atoms with Gasteiger partial charge in [0.05, 0.1) is 33.6 Å². The number of hydrogen-bond acceptors (Lipinski definition) is 4. The molecule has 1 amide bonds. The van der Waals surface area contributed by atoms with Gasteiger partial charge in [0.1, 0.15) is 11.5 Å². The van der Waals surface area contributed by atoms with Gasteiger partial charge < -0.3 is 5.32 Å². The molecule has 2 aromatic carbocycles. The number of alkyl halides is 3. The SMILES string of the molecule is CC(C(=O)NCc1ccc(C(F)(F)F)nc1-c1ccc(Cl)c(Cl)c1)c1ccc(NS(C)(=O)=O)c(F)c1. The second-order valence-electron chi connectivity index (χ2n) is 7.88. The van der Waals surface area contributed by atoms with Crippen molar-refractivity contribution in [2.45, 2.75) is 25.6 Å². The molecule has 0 fully saturated rings. The Labute approximate surface area is 214 Å². The Kier molecular flexibility index (Phi) is 8.17. The maximum atomic E-state index is 14.3. The van der Waals surface area contributed by atoms with Crippen LogP contribution in [0.2, 0.25) is 10.0 Å². The molecule has 0 aliphatic carbocycles. The van der Waals surface area contributed by atoms with Crippen molar-refractivity contribution in [3.63, 3.8) is 0 Å². The van der Waals surface area contributed by atoms with E-state index in [1.165, 1.54) is 43.3 Å². The predicted octanol–water partition coefficient (Wildman–Crippen LogP) is 6.00. The Bertz CT molecular complexity index is 1420. The molecule has 2 N–H and O–H groups in total. The van der Waals surface area contributed by atoms with Crippen molar-refractivity contribution in [3.05, 3.63) is 81.2 Å². The van der Waals surface area contributed by atoms with E-state index < -0.39 is 39.5 Å². The van der Waals surface area contributed by atoms with Gasteiger partial charge in [-0.15, -0.1) is 0 Å². The molecule has 1 aromatic heterocycles. The quantitative estimate of drug-likeness (QED) is 0.345. The fourth-order valence-corrected chi connectivity index (χ4v) is 4.12. The van der Waals surface area contributed by atoms with Gasteiger partial charge in [0, 0.05) is 12.1 Å². The number of aromatic nitrogens is 1. The first-order valence-corrected chi connectivity index (χ1v) is 12.9. The molecule has 0 saturated heterocycles. The summed E-state index contributed by atoms with van der Waals surface area (Å²) in [5, 5.41) is 2.94. The van der Waals surface area contributed by atoms with Crippen LogP contribution in [-0.4, -0.2) is 25.6 Å². The van der Waals surface area contributed by atoms with Gasteiger partial charge in [0.15, 0.2) is 0 Å². The number of carbonyl (C=O) groups excluding carboxylic acids is 1. The Hall–Kier alpha value is -2.89. The smallest absolute Gasteiger partial charge is 0.351 e. The molecule has 6 nitrogen and oxygen atoms in total. The lowest BCUT2D eigenvalue weighted by Crippen LogP contribution is -2.28. The van der Waals surface area contributed by atoms with E-state index in [1.807, 2.05) is 4.72 Å². The third-order valence-corrected chi connectivity index (χ3v) is 6.43. The van der Waals surface area contributed by atoms with Gasteiger partial charge in [-0.3, -0.25) is 9.52 Å². The van der Waals surface area contributed by atoms with Gasteiger partial charge in [0.2, 0.25) is 15.9 Å². The number of carbonyl (C=O) groups is 1. The average molecular weight is 564 g/mol. The summed E-state index contributed by atoms with van der Waals surface area (Å²) in [6.45, 7) is 1.32. The lowest BCUT2D eigenvalue weighted by atomic mass is 9.99. The van der Waals surface area contributed by atoms with E-state index in [0.29, 0.717) is 0 Å². The van der Waals surface area contributed by atoms with E-state index in [4.69, 9.17) is 23.2 Å². The number of halogens is 6. The molecular formula is C23H19Cl2F4N3O3S. The summed E-state index contributed by atoms with van der Waals surface area (Å²) in [7, 11) is -3.69. The average Bonchev–Trinajstić information content (AvgIpc) is 2.78. The molecule has 0 radical (unpaired) electrons. The Balaban J connectivity index is 1.84. The molecule has 192 valence electrons. The number of nitrogens with one attached hydrogen (secondary N) is 2. The molecule has 0 spiro atoms. The second kappa shape index (κ2) is 10.6. The number of pyridine rings is 1. The van der Waals surface area contributed by atoms with Gasteiger partial charge in [-0.1, -0.05) is 41.4 Å². The number of benzene rings is 2. The van der Waals surface area contributed by atoms with E-state index in [-0.39, 0.29) is 44.7 Å². The molecule has 0 aliphatic rings. The number of hydrogen-bond donors (Lipinski definition) is 2. The Morgan fingerprint density at radius 1 is 1.06 bits per heavy atom. The zero-order chi connectivity index (χ0) is 26.8. The highest BCUT2D eigenvalue weighted by atomic mass is 35.5. The van der Waals surface area contributed by atoms with Crippen LogP contribution in [0.5, 0.6) is 0 Å². The summed E-state index contributed by atoms with van der Waals surface area (Å²) >= 11 is 11.9. The molecule has 36 heavy (non-hydrogen) atoms. The van der Waals surface area contributed by atoms with Crippen LogP contribution in [0.4, 0.5) is 23.2 Å². The number of nitrogens with zero attached hydrogens (tertiary/aromatic N) is 1. The summed E-state index contributed by atoms with van der Waals surface area (Å²) in [6, 6.07) is 9.85. The van der Waals surface area contributed by atoms with E-state index in [9.17, 15) is 30.8 Å². The highest BCUT2D eigenvalue weighted by Gasteiger charge is 2.33. The van der Waals surface area contributed by atoms with Gasteiger partial charge in [-0.25, -0.2) is 17.8 Å². The van der Waals surface area contributed by atoms with Crippen LogP contribution in [0.3, 0.4) is 0 Å². The standard InChI is InChI=1S/C23H19Cl2F4N3O3S/c1-12(13-4-7-19(18(26)10-13)32-36(2,34)35)22(33)30-11-15-5-8-20(23(27,28)29)31-21(15)14-3-6-16(24)17(25)9-14/h3-10,12,32H,11H2,1-2H3,(H,30,33). The fraction of sp³-hybridized carbons (Fsp3) is 0.217. The summed E-state index contributed by atoms with van der Waals surface area (Å²) in [4.78, 5) is 16.5. The molecular weight excluding hydrogens is 545 g/mol. The highest BCUT2D eigenvalue weighted by Crippen LogP contribution is 2.33. The minimum absolute atomic E-state index is 0.0430. The van der Waals surface area contributed by atoms with E-state index in [1.54, 1.807) is 0 Å². The van der Waals surface area contributed by atoms with Crippen molar-refractivity contribution in [2.24, 2.45) is 0 Å². The normalized spacial score (nSPS) is 12.8. The third kappa shape index (κ3) is 6.86. The van der Waals surface area contributed by atoms with E-state index >= 15 is 0 Å². The second-order valence-corrected chi connectivity index (χ2v) is 10.4. The molecule has 0 bridgehead atoms. The lowest BCUT2D eigenvalue weighted by Gasteiger charge is -2.16. The first-order valence-electron chi connectivity index (χ1n) is 10.2. The molecule has 0 saturated carbocycles. The zero-order valence-corrected chi connectivity index (χ0v) is 21.1. The van der Waals surface area contributed by atoms with Gasteiger partial charge >= 0.3 is 6.18 Å². The van der Waals surface area contributed by atoms with Crippen molar-refractivity contribution in [1.29, 1.82) is 0 Å². The zero-order valence-electron chi connectivity index (χ0n) is 18.8. The van der Waals surface area contributed by atoms with Crippen molar-refractivity contribution in [1.82, 2.24) is 10.3 Å². The predicted molar refractivity (Wildman–Crippen MR) is 130 cm³/mol. The van der Waals surface area contributed by atoms with E-state index in [0.717, 1.165) is 18.4 Å². The van der Waals surface area contributed by atoms with E-state index in [2.05, 4.69) is 10.3 Å². The molecule has 3 aromatic rings. The maximum absolute atomic E-state index is 14.3. The summed E-state index contributed by atoms with van der Waals surface area (Å²) < 4.78 is 78.8. The van der Waals surface area contributed by atoms with Crippen molar-refractivity contribution in [3.8, 4) is 11.3 Å². The minimum atomic E-state index is -4.69. The van der Waals surface area contributed by atoms with Crippen LogP contribution in [0, 0.1) is 5.82 Å². The number of sulfonamides is 1. The number of anilines is 1. The first kappa shape index (κ1) is 27.7. The van der Waals surface area contributed by atoms with Crippen LogP contribution >= 0.6 is 23.2 Å². The van der Waals surface area contributed by atoms with Crippen LogP contribution in [-0.2, 0) is 27.5 Å². The highest BCUT2D eigenvalue weighted by molar-refractivity contribution is 7.92. The van der Waals surface area contributed by atoms with Crippen molar-refractivity contribution in [2.75, 3.05) is 11.0 Å². The molecule has 3 rings (SSSR count). The molecule has 1 heterocycles. The van der Waals surface area contributed by atoms with Crippen molar-refractivity contribution < 1.29 is 30.8 Å². The maximum Gasteiger partial charge on any atom is 0.433 e. The molecule has 13 heteroatoms. The van der Waals surface area contributed by atoms with Crippen LogP contribution in [0.15, 0.2) is 48.5 Å².